The number of ether oxygens (including phenoxy) is 1. The molecule has 33 heavy (non-hydrogen) atoms. The summed E-state index contributed by atoms with van der Waals surface area (Å²) < 4.78 is 31.2. The Morgan fingerprint density at radius 3 is 2.30 bits per heavy atom. The van der Waals surface area contributed by atoms with Gasteiger partial charge in [0.05, 0.1) is 34.1 Å². The number of nitrogens with zero attached hydrogens (tertiary/aromatic N) is 2. The van der Waals surface area contributed by atoms with Gasteiger partial charge in [-0.1, -0.05) is 46.9 Å². The van der Waals surface area contributed by atoms with Crippen LogP contribution >= 0.6 is 34.8 Å². The van der Waals surface area contributed by atoms with Crippen molar-refractivity contribution in [2.24, 2.45) is 0 Å². The maximum absolute atomic E-state index is 13.4. The van der Waals surface area contributed by atoms with E-state index in [1.54, 1.807) is 31.2 Å². The fraction of sp³-hybridized carbons (Fsp3) is 0.333. The monoisotopic (exact) mass is 535 g/mol. The molecule has 0 aliphatic rings. The number of hydrogen-bond donors (Lipinski definition) is 1. The van der Waals surface area contributed by atoms with Gasteiger partial charge in [-0.2, -0.15) is 0 Å². The SMILES string of the molecule is CNC(=O)C(C)N(Cc1cccc(OC)c1)C(=O)CN(c1cc(Cl)c(Cl)cc1Cl)S(C)(=O)=O. The molecule has 0 heterocycles. The molecule has 180 valence electrons. The number of halogens is 3. The van der Waals surface area contributed by atoms with Gasteiger partial charge < -0.3 is 15.0 Å². The van der Waals surface area contributed by atoms with E-state index in [0.29, 0.717) is 11.3 Å². The number of benzene rings is 2. The van der Waals surface area contributed by atoms with Crippen LogP contribution in [-0.2, 0) is 26.2 Å². The molecule has 2 aromatic rings. The molecule has 2 amide bonds. The Bertz CT molecular complexity index is 1140. The molecule has 0 fully saturated rings. The van der Waals surface area contributed by atoms with Crippen molar-refractivity contribution < 1.29 is 22.7 Å². The van der Waals surface area contributed by atoms with E-state index in [4.69, 9.17) is 39.5 Å². The molecule has 0 bridgehead atoms. The van der Waals surface area contributed by atoms with E-state index >= 15 is 0 Å². The summed E-state index contributed by atoms with van der Waals surface area (Å²) in [4.78, 5) is 27.0. The summed E-state index contributed by atoms with van der Waals surface area (Å²) >= 11 is 18.2. The third-order valence-electron chi connectivity index (χ3n) is 4.84. The predicted molar refractivity (Wildman–Crippen MR) is 131 cm³/mol. The summed E-state index contributed by atoms with van der Waals surface area (Å²) in [7, 11) is -0.991. The summed E-state index contributed by atoms with van der Waals surface area (Å²) in [6.45, 7) is 0.979. The predicted octanol–water partition coefficient (Wildman–Crippen LogP) is 3.58. The quantitative estimate of drug-likeness (QED) is 0.494. The normalized spacial score (nSPS) is 12.1. The van der Waals surface area contributed by atoms with Gasteiger partial charge in [0, 0.05) is 13.6 Å². The van der Waals surface area contributed by atoms with Crippen LogP contribution in [0.4, 0.5) is 5.69 Å². The van der Waals surface area contributed by atoms with Crippen molar-refractivity contribution in [2.45, 2.75) is 19.5 Å². The number of hydrogen-bond acceptors (Lipinski definition) is 5. The molecule has 8 nitrogen and oxygen atoms in total. The first-order valence-corrected chi connectivity index (χ1v) is 12.6. The fourth-order valence-corrected chi connectivity index (χ4v) is 4.60. The Labute approximate surface area is 208 Å². The second-order valence-corrected chi connectivity index (χ2v) is 10.3. The molecule has 1 atom stereocenters. The molecule has 1 unspecified atom stereocenters. The number of carbonyl (C=O) groups excluding carboxylic acids is 2. The van der Waals surface area contributed by atoms with Gasteiger partial charge in [-0.25, -0.2) is 8.42 Å². The van der Waals surface area contributed by atoms with Crippen LogP contribution in [0.1, 0.15) is 12.5 Å². The number of sulfonamides is 1. The Balaban J connectivity index is 2.46. The lowest BCUT2D eigenvalue weighted by Crippen LogP contribution is -2.50. The van der Waals surface area contributed by atoms with E-state index in [1.807, 2.05) is 0 Å². The maximum Gasteiger partial charge on any atom is 0.244 e. The lowest BCUT2D eigenvalue weighted by atomic mass is 10.1. The van der Waals surface area contributed by atoms with Crippen molar-refractivity contribution in [1.82, 2.24) is 10.2 Å². The number of amides is 2. The molecule has 2 rings (SSSR count). The van der Waals surface area contributed by atoms with E-state index in [1.165, 1.54) is 31.2 Å². The number of nitrogens with one attached hydrogen (secondary N) is 1. The van der Waals surface area contributed by atoms with Crippen molar-refractivity contribution in [3.8, 4) is 5.75 Å². The first-order valence-electron chi connectivity index (χ1n) is 9.65. The zero-order valence-electron chi connectivity index (χ0n) is 18.4. The molecular weight excluding hydrogens is 513 g/mol. The van der Waals surface area contributed by atoms with Crippen LogP contribution in [0.2, 0.25) is 15.1 Å². The second kappa shape index (κ2) is 11.3. The van der Waals surface area contributed by atoms with Gasteiger partial charge in [-0.3, -0.25) is 13.9 Å². The lowest BCUT2D eigenvalue weighted by Gasteiger charge is -2.31. The first-order chi connectivity index (χ1) is 15.4. The molecule has 12 heteroatoms. The number of carbonyl (C=O) groups is 2. The smallest absolute Gasteiger partial charge is 0.244 e. The maximum atomic E-state index is 13.4. The molecule has 0 aliphatic carbocycles. The van der Waals surface area contributed by atoms with E-state index in [0.717, 1.165) is 10.6 Å². The van der Waals surface area contributed by atoms with Crippen molar-refractivity contribution >= 4 is 62.3 Å². The third kappa shape index (κ3) is 6.89. The second-order valence-electron chi connectivity index (χ2n) is 7.15. The van der Waals surface area contributed by atoms with Crippen LogP contribution in [0.5, 0.6) is 5.75 Å². The van der Waals surface area contributed by atoms with Crippen LogP contribution < -0.4 is 14.4 Å². The van der Waals surface area contributed by atoms with Crippen LogP contribution in [-0.4, -0.2) is 58.1 Å². The number of likely N-dealkylation sites (N-methyl/N-ethyl adjacent to an activating group) is 1. The summed E-state index contributed by atoms with van der Waals surface area (Å²) in [6, 6.07) is 8.67. The fourth-order valence-electron chi connectivity index (χ4n) is 3.06. The first kappa shape index (κ1) is 27.0. The van der Waals surface area contributed by atoms with Crippen molar-refractivity contribution in [1.29, 1.82) is 0 Å². The summed E-state index contributed by atoms with van der Waals surface area (Å²) in [5, 5.41) is 2.72. The van der Waals surface area contributed by atoms with E-state index in [-0.39, 0.29) is 27.3 Å². The zero-order valence-corrected chi connectivity index (χ0v) is 21.5. The average molecular weight is 537 g/mol. The highest BCUT2D eigenvalue weighted by molar-refractivity contribution is 7.92. The molecule has 2 aromatic carbocycles. The number of anilines is 1. The van der Waals surface area contributed by atoms with Crippen LogP contribution in [0, 0.1) is 0 Å². The summed E-state index contributed by atoms with van der Waals surface area (Å²) in [5.41, 5.74) is 0.688. The minimum absolute atomic E-state index is 0.00122. The highest BCUT2D eigenvalue weighted by Crippen LogP contribution is 2.35. The molecule has 0 aliphatic heterocycles. The van der Waals surface area contributed by atoms with Crippen molar-refractivity contribution in [2.75, 3.05) is 31.3 Å². The highest BCUT2D eigenvalue weighted by atomic mass is 35.5. The third-order valence-corrected chi connectivity index (χ3v) is 6.99. The van der Waals surface area contributed by atoms with Gasteiger partial charge in [0.1, 0.15) is 18.3 Å². The topological polar surface area (TPSA) is 96.0 Å². The molecule has 1 N–H and O–H groups in total. The minimum Gasteiger partial charge on any atom is -0.497 e. The molecule has 0 spiro atoms. The van der Waals surface area contributed by atoms with E-state index < -0.39 is 34.4 Å². The van der Waals surface area contributed by atoms with Gasteiger partial charge in [0.2, 0.25) is 21.8 Å². The summed E-state index contributed by atoms with van der Waals surface area (Å²) in [5.74, 6) is -0.459. The number of rotatable bonds is 9. The lowest BCUT2D eigenvalue weighted by molar-refractivity contribution is -0.139. The van der Waals surface area contributed by atoms with Crippen molar-refractivity contribution in [3.05, 3.63) is 57.0 Å². The van der Waals surface area contributed by atoms with Gasteiger partial charge in [0.25, 0.3) is 0 Å². The molecule has 0 saturated carbocycles. The van der Waals surface area contributed by atoms with E-state index in [9.17, 15) is 18.0 Å². The summed E-state index contributed by atoms with van der Waals surface area (Å²) in [6.07, 6.45) is 0.938. The molecule has 0 saturated heterocycles. The van der Waals surface area contributed by atoms with Gasteiger partial charge in [-0.05, 0) is 36.8 Å². The standard InChI is InChI=1S/C21H24Cl3N3O5S/c1-13(21(29)25-2)26(11-14-6-5-7-15(8-14)32-3)20(28)12-27(33(4,30)31)19-10-17(23)16(22)9-18(19)24/h5-10,13H,11-12H2,1-4H3,(H,25,29). The zero-order chi connectivity index (χ0) is 24.9. The highest BCUT2D eigenvalue weighted by Gasteiger charge is 2.31. The van der Waals surface area contributed by atoms with Crippen LogP contribution in [0.3, 0.4) is 0 Å². The van der Waals surface area contributed by atoms with Crippen molar-refractivity contribution in [3.63, 3.8) is 0 Å². The van der Waals surface area contributed by atoms with Crippen LogP contribution in [0.15, 0.2) is 36.4 Å². The number of methoxy groups -OCH3 is 1. The Morgan fingerprint density at radius 1 is 1.09 bits per heavy atom. The van der Waals surface area contributed by atoms with E-state index in [2.05, 4.69) is 5.32 Å². The Hall–Kier alpha value is -2.20. The van der Waals surface area contributed by atoms with Gasteiger partial charge in [0.15, 0.2) is 0 Å². The Kier molecular flexibility index (Phi) is 9.25. The van der Waals surface area contributed by atoms with Crippen LogP contribution in [0.25, 0.3) is 0 Å². The molecule has 0 radical (unpaired) electrons. The Morgan fingerprint density at radius 2 is 1.73 bits per heavy atom. The average Bonchev–Trinajstić information content (AvgIpc) is 2.76. The molecule has 0 aromatic heterocycles. The van der Waals surface area contributed by atoms with Gasteiger partial charge in [-0.15, -0.1) is 0 Å². The molecular formula is C21H24Cl3N3O5S. The largest absolute Gasteiger partial charge is 0.497 e. The van der Waals surface area contributed by atoms with Gasteiger partial charge >= 0.3 is 0 Å². The minimum atomic E-state index is -3.95.